The summed E-state index contributed by atoms with van der Waals surface area (Å²) in [4.78, 5) is 11.1. The average Bonchev–Trinajstić information content (AvgIpc) is 2.27. The number of carboxylic acid groups (broad SMARTS) is 1. The van der Waals surface area contributed by atoms with E-state index in [1.165, 1.54) is 5.56 Å². The van der Waals surface area contributed by atoms with Crippen LogP contribution in [0.15, 0.2) is 30.3 Å². The molecule has 0 N–H and O–H groups in total. The third-order valence-electron chi connectivity index (χ3n) is 3.87. The number of hydrogen-bond acceptors (Lipinski definition) is 3. The summed E-state index contributed by atoms with van der Waals surface area (Å²) in [5.74, 6) is -0.964. The summed E-state index contributed by atoms with van der Waals surface area (Å²) in [6.45, 7) is 4.68. The van der Waals surface area contributed by atoms with Gasteiger partial charge in [-0.25, -0.2) is 0 Å². The number of hydrogen-bond donors (Lipinski definition) is 0. The summed E-state index contributed by atoms with van der Waals surface area (Å²) >= 11 is 0. The zero-order chi connectivity index (χ0) is 13.9. The van der Waals surface area contributed by atoms with Crippen LogP contribution in [-0.2, 0) is 16.0 Å². The maximum atomic E-state index is 11.1. The molecule has 1 heterocycles. The number of aliphatic carboxylic acids is 1. The van der Waals surface area contributed by atoms with Gasteiger partial charge in [0.2, 0.25) is 0 Å². The molecule has 3 nitrogen and oxygen atoms in total. The molecule has 3 heteroatoms. The van der Waals surface area contributed by atoms with E-state index in [4.69, 9.17) is 4.74 Å². The molecule has 0 saturated carbocycles. The Balaban J connectivity index is 2.22. The molecular formula is C16H21O3-. The van der Waals surface area contributed by atoms with Crippen LogP contribution < -0.4 is 5.11 Å². The zero-order valence-corrected chi connectivity index (χ0v) is 11.6. The number of carbonyl (C=O) groups is 1. The van der Waals surface area contributed by atoms with E-state index in [1.54, 1.807) is 0 Å². The highest BCUT2D eigenvalue weighted by molar-refractivity contribution is 5.65. The number of ether oxygens (including phenoxy) is 1. The summed E-state index contributed by atoms with van der Waals surface area (Å²) in [5.41, 5.74) is 0.672. The first-order valence-corrected chi connectivity index (χ1v) is 6.79. The SMILES string of the molecule is CC1(C)C[C@](CC(=O)[O-])(Cc2ccccc2)CCO1. The fourth-order valence-corrected chi connectivity index (χ4v) is 3.29. The maximum absolute atomic E-state index is 11.1. The van der Waals surface area contributed by atoms with Crippen molar-refractivity contribution in [3.8, 4) is 0 Å². The van der Waals surface area contributed by atoms with Gasteiger partial charge < -0.3 is 14.6 Å². The molecule has 1 aliphatic heterocycles. The Hall–Kier alpha value is -1.35. The van der Waals surface area contributed by atoms with Crippen molar-refractivity contribution in [1.29, 1.82) is 0 Å². The number of carboxylic acids is 1. The fraction of sp³-hybridized carbons (Fsp3) is 0.562. The Morgan fingerprint density at radius 1 is 1.32 bits per heavy atom. The van der Waals surface area contributed by atoms with Crippen LogP contribution in [0.4, 0.5) is 0 Å². The molecule has 19 heavy (non-hydrogen) atoms. The molecule has 1 aliphatic rings. The second-order valence-corrected chi connectivity index (χ2v) is 6.25. The third kappa shape index (κ3) is 3.80. The summed E-state index contributed by atoms with van der Waals surface area (Å²) in [6.07, 6.45) is 2.41. The van der Waals surface area contributed by atoms with Gasteiger partial charge in [0.1, 0.15) is 0 Å². The van der Waals surface area contributed by atoms with E-state index < -0.39 is 5.97 Å². The number of carbonyl (C=O) groups excluding carboxylic acids is 1. The van der Waals surface area contributed by atoms with Gasteiger partial charge >= 0.3 is 0 Å². The lowest BCUT2D eigenvalue weighted by Crippen LogP contribution is -2.45. The molecule has 2 rings (SSSR count). The molecule has 0 amide bonds. The minimum Gasteiger partial charge on any atom is -0.550 e. The van der Waals surface area contributed by atoms with E-state index in [9.17, 15) is 9.90 Å². The number of benzene rings is 1. The predicted molar refractivity (Wildman–Crippen MR) is 71.5 cm³/mol. The quantitative estimate of drug-likeness (QED) is 0.832. The van der Waals surface area contributed by atoms with Crippen molar-refractivity contribution in [2.24, 2.45) is 5.41 Å². The summed E-state index contributed by atoms with van der Waals surface area (Å²) < 4.78 is 5.73. The maximum Gasteiger partial charge on any atom is 0.0632 e. The van der Waals surface area contributed by atoms with Crippen LogP contribution in [0.5, 0.6) is 0 Å². The molecule has 1 atom stereocenters. The first-order chi connectivity index (χ1) is 8.91. The molecule has 1 fully saturated rings. The van der Waals surface area contributed by atoms with Crippen LogP contribution in [0.2, 0.25) is 0 Å². The van der Waals surface area contributed by atoms with E-state index in [2.05, 4.69) is 12.1 Å². The largest absolute Gasteiger partial charge is 0.550 e. The van der Waals surface area contributed by atoms with Crippen molar-refractivity contribution >= 4 is 5.97 Å². The lowest BCUT2D eigenvalue weighted by Gasteiger charge is -2.45. The van der Waals surface area contributed by atoms with Gasteiger partial charge in [-0.3, -0.25) is 0 Å². The molecule has 1 saturated heterocycles. The van der Waals surface area contributed by atoms with Crippen molar-refractivity contribution in [3.05, 3.63) is 35.9 Å². The predicted octanol–water partition coefficient (Wildman–Crippen LogP) is 1.94. The molecule has 0 radical (unpaired) electrons. The monoisotopic (exact) mass is 261 g/mol. The lowest BCUT2D eigenvalue weighted by atomic mass is 9.68. The Morgan fingerprint density at radius 2 is 2.00 bits per heavy atom. The van der Waals surface area contributed by atoms with Crippen molar-refractivity contribution in [2.45, 2.75) is 45.1 Å². The van der Waals surface area contributed by atoms with Crippen molar-refractivity contribution in [3.63, 3.8) is 0 Å². The molecule has 1 aromatic carbocycles. The number of rotatable bonds is 4. The van der Waals surface area contributed by atoms with Crippen LogP contribution in [-0.4, -0.2) is 18.2 Å². The van der Waals surface area contributed by atoms with Crippen molar-refractivity contribution in [1.82, 2.24) is 0 Å². The van der Waals surface area contributed by atoms with Gasteiger partial charge in [0, 0.05) is 12.6 Å². The highest BCUT2D eigenvalue weighted by atomic mass is 16.5. The van der Waals surface area contributed by atoms with Gasteiger partial charge in [0.15, 0.2) is 0 Å². The fourth-order valence-electron chi connectivity index (χ4n) is 3.29. The summed E-state index contributed by atoms with van der Waals surface area (Å²) in [6, 6.07) is 10.1. The van der Waals surface area contributed by atoms with E-state index in [0.29, 0.717) is 6.61 Å². The molecular weight excluding hydrogens is 240 g/mol. The summed E-state index contributed by atoms with van der Waals surface area (Å²) in [5, 5.41) is 11.1. The standard InChI is InChI=1S/C16H22O3/c1-15(2)12-16(8-9-19-15,11-14(17)18)10-13-6-4-3-5-7-13/h3-7H,8-12H2,1-2H3,(H,17,18)/p-1/t16-/m0/s1. The Kier molecular flexibility index (Phi) is 3.95. The minimum absolute atomic E-state index is 0.106. The van der Waals surface area contributed by atoms with Gasteiger partial charge in [0.25, 0.3) is 0 Å². The van der Waals surface area contributed by atoms with Gasteiger partial charge in [-0.2, -0.15) is 0 Å². The van der Waals surface area contributed by atoms with Gasteiger partial charge in [-0.05, 0) is 50.5 Å². The zero-order valence-electron chi connectivity index (χ0n) is 11.6. The first kappa shape index (κ1) is 14.1. The van der Waals surface area contributed by atoms with Crippen LogP contribution >= 0.6 is 0 Å². The average molecular weight is 261 g/mol. The molecule has 1 aromatic rings. The highest BCUT2D eigenvalue weighted by Crippen LogP contribution is 2.43. The molecule has 0 spiro atoms. The molecule has 0 bridgehead atoms. The normalized spacial score (nSPS) is 26.0. The molecule has 0 aromatic heterocycles. The van der Waals surface area contributed by atoms with E-state index in [-0.39, 0.29) is 17.4 Å². The second kappa shape index (κ2) is 5.33. The smallest absolute Gasteiger partial charge is 0.0632 e. The first-order valence-electron chi connectivity index (χ1n) is 6.79. The molecule has 0 aliphatic carbocycles. The minimum atomic E-state index is -0.964. The van der Waals surface area contributed by atoms with Crippen LogP contribution in [0.1, 0.15) is 38.7 Å². The van der Waals surface area contributed by atoms with Crippen molar-refractivity contribution in [2.75, 3.05) is 6.61 Å². The van der Waals surface area contributed by atoms with E-state index >= 15 is 0 Å². The topological polar surface area (TPSA) is 49.4 Å². The van der Waals surface area contributed by atoms with Gasteiger partial charge in [0.05, 0.1) is 5.60 Å². The Labute approximate surface area is 114 Å². The van der Waals surface area contributed by atoms with Crippen molar-refractivity contribution < 1.29 is 14.6 Å². The second-order valence-electron chi connectivity index (χ2n) is 6.25. The Bertz CT molecular complexity index is 439. The van der Waals surface area contributed by atoms with Gasteiger partial charge in [-0.15, -0.1) is 0 Å². The van der Waals surface area contributed by atoms with E-state index in [0.717, 1.165) is 19.3 Å². The van der Waals surface area contributed by atoms with Gasteiger partial charge in [-0.1, -0.05) is 30.3 Å². The Morgan fingerprint density at radius 3 is 2.58 bits per heavy atom. The molecule has 0 unspecified atom stereocenters. The lowest BCUT2D eigenvalue weighted by molar-refractivity contribution is -0.309. The van der Waals surface area contributed by atoms with Crippen LogP contribution in [0.3, 0.4) is 0 Å². The molecule has 104 valence electrons. The van der Waals surface area contributed by atoms with E-state index in [1.807, 2.05) is 32.0 Å². The summed E-state index contributed by atoms with van der Waals surface area (Å²) in [7, 11) is 0. The van der Waals surface area contributed by atoms with Crippen LogP contribution in [0, 0.1) is 5.41 Å². The van der Waals surface area contributed by atoms with Crippen LogP contribution in [0.25, 0.3) is 0 Å². The highest BCUT2D eigenvalue weighted by Gasteiger charge is 2.40. The third-order valence-corrected chi connectivity index (χ3v) is 3.87.